The fourth-order valence-corrected chi connectivity index (χ4v) is 3.33. The summed E-state index contributed by atoms with van der Waals surface area (Å²) in [6.07, 6.45) is 3.83. The zero-order chi connectivity index (χ0) is 12.7. The Hall–Kier alpha value is -0.200. The molecular formula is C14H22O5. The van der Waals surface area contributed by atoms with E-state index in [1.807, 2.05) is 0 Å². The molecule has 5 heteroatoms. The second-order valence-electron chi connectivity index (χ2n) is 6.10. The molecule has 0 spiro atoms. The van der Waals surface area contributed by atoms with E-state index in [9.17, 15) is 0 Å². The van der Waals surface area contributed by atoms with Crippen LogP contribution in [-0.4, -0.2) is 64.1 Å². The van der Waals surface area contributed by atoms with Gasteiger partial charge in [-0.2, -0.15) is 0 Å². The van der Waals surface area contributed by atoms with Gasteiger partial charge in [0.15, 0.2) is 0 Å². The van der Waals surface area contributed by atoms with Gasteiger partial charge < -0.3 is 23.7 Å². The van der Waals surface area contributed by atoms with Crippen LogP contribution in [0.25, 0.3) is 0 Å². The van der Waals surface area contributed by atoms with Crippen molar-refractivity contribution in [2.24, 2.45) is 11.8 Å². The second-order valence-corrected chi connectivity index (χ2v) is 6.10. The van der Waals surface area contributed by atoms with Crippen LogP contribution in [0.5, 0.6) is 0 Å². The standard InChI is InChI=1S/C14H22O5/c1-2-14-12(8-16-4-10-6-18-10)11(13(1)19-14)7-15-3-9-5-17-9/h9-14H,1-8H2. The maximum atomic E-state index is 6.02. The molecule has 4 saturated heterocycles. The highest BCUT2D eigenvalue weighted by Gasteiger charge is 2.49. The SMILES string of the molecule is C(OCC1C2CCC(O2)C1COCC1CO1)C1CO1. The van der Waals surface area contributed by atoms with Crippen LogP contribution in [0.15, 0.2) is 0 Å². The van der Waals surface area contributed by atoms with Crippen molar-refractivity contribution in [1.82, 2.24) is 0 Å². The highest BCUT2D eigenvalue weighted by atomic mass is 16.6. The lowest BCUT2D eigenvalue weighted by atomic mass is 9.80. The summed E-state index contributed by atoms with van der Waals surface area (Å²) in [4.78, 5) is 0. The van der Waals surface area contributed by atoms with Crippen LogP contribution in [0.3, 0.4) is 0 Å². The molecular weight excluding hydrogens is 248 g/mol. The van der Waals surface area contributed by atoms with E-state index in [4.69, 9.17) is 23.7 Å². The first-order valence-corrected chi connectivity index (χ1v) is 7.44. The Bertz CT molecular complexity index is 285. The summed E-state index contributed by atoms with van der Waals surface area (Å²) in [5.41, 5.74) is 0. The van der Waals surface area contributed by atoms with Gasteiger partial charge in [0.05, 0.1) is 51.8 Å². The van der Waals surface area contributed by atoms with Gasteiger partial charge in [-0.3, -0.25) is 0 Å². The molecule has 4 aliphatic heterocycles. The topological polar surface area (TPSA) is 52.8 Å². The number of epoxide rings is 2. The lowest BCUT2D eigenvalue weighted by Crippen LogP contribution is -2.34. The smallest absolute Gasteiger partial charge is 0.104 e. The molecule has 0 saturated carbocycles. The lowest BCUT2D eigenvalue weighted by Gasteiger charge is -2.27. The molecule has 0 aromatic rings. The van der Waals surface area contributed by atoms with Crippen molar-refractivity contribution in [2.45, 2.75) is 37.3 Å². The number of hydrogen-bond acceptors (Lipinski definition) is 5. The zero-order valence-electron chi connectivity index (χ0n) is 11.2. The van der Waals surface area contributed by atoms with Crippen LogP contribution >= 0.6 is 0 Å². The third-order valence-electron chi connectivity index (χ3n) is 4.62. The summed E-state index contributed by atoms with van der Waals surface area (Å²) in [6, 6.07) is 0. The van der Waals surface area contributed by atoms with E-state index >= 15 is 0 Å². The van der Waals surface area contributed by atoms with Gasteiger partial charge >= 0.3 is 0 Å². The van der Waals surface area contributed by atoms with Gasteiger partial charge in [0, 0.05) is 11.8 Å². The van der Waals surface area contributed by atoms with Gasteiger partial charge in [0.1, 0.15) is 12.2 Å². The van der Waals surface area contributed by atoms with Gasteiger partial charge in [-0.15, -0.1) is 0 Å². The molecule has 108 valence electrons. The molecule has 0 aromatic carbocycles. The van der Waals surface area contributed by atoms with Crippen LogP contribution in [-0.2, 0) is 23.7 Å². The van der Waals surface area contributed by atoms with Crippen molar-refractivity contribution in [2.75, 3.05) is 39.6 Å². The highest BCUT2D eigenvalue weighted by molar-refractivity contribution is 4.96. The minimum atomic E-state index is 0.348. The molecule has 19 heavy (non-hydrogen) atoms. The number of ether oxygens (including phenoxy) is 5. The van der Waals surface area contributed by atoms with E-state index in [1.54, 1.807) is 0 Å². The van der Waals surface area contributed by atoms with E-state index in [0.717, 1.165) is 39.6 Å². The van der Waals surface area contributed by atoms with E-state index in [0.29, 0.717) is 36.3 Å². The van der Waals surface area contributed by atoms with E-state index in [2.05, 4.69) is 0 Å². The Morgan fingerprint density at radius 2 is 1.21 bits per heavy atom. The Morgan fingerprint density at radius 1 is 0.737 bits per heavy atom. The van der Waals surface area contributed by atoms with Crippen molar-refractivity contribution in [1.29, 1.82) is 0 Å². The maximum absolute atomic E-state index is 6.02. The molecule has 6 unspecified atom stereocenters. The minimum Gasteiger partial charge on any atom is -0.378 e. The normalized spacial score (nSPS) is 46.7. The summed E-state index contributed by atoms with van der Waals surface area (Å²) in [5, 5.41) is 0. The molecule has 0 aliphatic carbocycles. The highest BCUT2D eigenvalue weighted by Crippen LogP contribution is 2.43. The van der Waals surface area contributed by atoms with Gasteiger partial charge in [0.25, 0.3) is 0 Å². The van der Waals surface area contributed by atoms with E-state index in [-0.39, 0.29) is 0 Å². The van der Waals surface area contributed by atoms with Crippen LogP contribution in [0.1, 0.15) is 12.8 Å². The van der Waals surface area contributed by atoms with Crippen LogP contribution in [0.4, 0.5) is 0 Å². The fourth-order valence-electron chi connectivity index (χ4n) is 3.33. The summed E-state index contributed by atoms with van der Waals surface area (Å²) < 4.78 is 27.9. The number of hydrogen-bond donors (Lipinski definition) is 0. The lowest BCUT2D eigenvalue weighted by molar-refractivity contribution is 0.0196. The van der Waals surface area contributed by atoms with E-state index in [1.165, 1.54) is 12.8 Å². The van der Waals surface area contributed by atoms with Gasteiger partial charge in [-0.05, 0) is 12.8 Å². The van der Waals surface area contributed by atoms with Gasteiger partial charge in [-0.25, -0.2) is 0 Å². The molecule has 6 atom stereocenters. The monoisotopic (exact) mass is 270 g/mol. The average Bonchev–Trinajstić information content (AvgIpc) is 3.33. The van der Waals surface area contributed by atoms with Crippen LogP contribution in [0.2, 0.25) is 0 Å². The molecule has 0 amide bonds. The first-order chi connectivity index (χ1) is 9.40. The summed E-state index contributed by atoms with van der Waals surface area (Å²) in [6.45, 7) is 4.76. The Labute approximate surface area is 113 Å². The quantitative estimate of drug-likeness (QED) is 0.605. The maximum Gasteiger partial charge on any atom is 0.104 e. The Balaban J connectivity index is 1.25. The number of fused-ring (bicyclic) bond motifs is 2. The van der Waals surface area contributed by atoms with E-state index < -0.39 is 0 Å². The molecule has 4 heterocycles. The number of rotatable bonds is 8. The third-order valence-corrected chi connectivity index (χ3v) is 4.62. The molecule has 2 bridgehead atoms. The third kappa shape index (κ3) is 2.95. The first kappa shape index (κ1) is 12.5. The van der Waals surface area contributed by atoms with Crippen molar-refractivity contribution < 1.29 is 23.7 Å². The first-order valence-electron chi connectivity index (χ1n) is 7.44. The predicted molar refractivity (Wildman–Crippen MR) is 66.0 cm³/mol. The minimum absolute atomic E-state index is 0.348. The van der Waals surface area contributed by atoms with Crippen molar-refractivity contribution in [3.63, 3.8) is 0 Å². The van der Waals surface area contributed by atoms with Gasteiger partial charge in [-0.1, -0.05) is 0 Å². The van der Waals surface area contributed by atoms with Crippen molar-refractivity contribution in [3.8, 4) is 0 Å². The zero-order valence-corrected chi connectivity index (χ0v) is 11.2. The molecule has 4 aliphatic rings. The Kier molecular flexibility index (Phi) is 3.49. The molecule has 0 N–H and O–H groups in total. The molecule has 5 nitrogen and oxygen atoms in total. The largest absolute Gasteiger partial charge is 0.378 e. The fraction of sp³-hybridized carbons (Fsp3) is 1.00. The van der Waals surface area contributed by atoms with Crippen LogP contribution in [0, 0.1) is 11.8 Å². The summed E-state index contributed by atoms with van der Waals surface area (Å²) in [5.74, 6) is 0.996. The average molecular weight is 270 g/mol. The molecule has 4 fully saturated rings. The van der Waals surface area contributed by atoms with Gasteiger partial charge in [0.2, 0.25) is 0 Å². The molecule has 4 rings (SSSR count). The summed E-state index contributed by atoms with van der Waals surface area (Å²) >= 11 is 0. The molecule has 0 radical (unpaired) electrons. The molecule has 0 aromatic heterocycles. The second kappa shape index (κ2) is 5.30. The Morgan fingerprint density at radius 3 is 1.63 bits per heavy atom. The van der Waals surface area contributed by atoms with Crippen LogP contribution < -0.4 is 0 Å². The predicted octanol–water partition coefficient (Wildman–Crippen LogP) is 0.611. The van der Waals surface area contributed by atoms with Crippen molar-refractivity contribution >= 4 is 0 Å². The van der Waals surface area contributed by atoms with Crippen molar-refractivity contribution in [3.05, 3.63) is 0 Å². The summed E-state index contributed by atoms with van der Waals surface area (Å²) in [7, 11) is 0.